The van der Waals surface area contributed by atoms with Gasteiger partial charge in [0.2, 0.25) is 0 Å². The molecule has 0 aliphatic heterocycles. The predicted octanol–water partition coefficient (Wildman–Crippen LogP) is 1.91. The van der Waals surface area contributed by atoms with E-state index in [1.54, 1.807) is 0 Å². The van der Waals surface area contributed by atoms with Gasteiger partial charge in [0.1, 0.15) is 9.84 Å². The first-order valence-electron chi connectivity index (χ1n) is 4.77. The fourth-order valence-electron chi connectivity index (χ4n) is 2.08. The van der Waals surface area contributed by atoms with E-state index < -0.39 is 9.84 Å². The van der Waals surface area contributed by atoms with Crippen molar-refractivity contribution in [1.29, 1.82) is 0 Å². The Morgan fingerprint density at radius 1 is 1.47 bits per heavy atom. The van der Waals surface area contributed by atoms with Gasteiger partial charge in [-0.2, -0.15) is 29.8 Å². The minimum Gasteiger partial charge on any atom is -0.230 e. The van der Waals surface area contributed by atoms with Crippen LogP contribution in [0.3, 0.4) is 0 Å². The molecule has 1 unspecified atom stereocenters. The van der Waals surface area contributed by atoms with Crippen molar-refractivity contribution >= 4 is 9.84 Å². The van der Waals surface area contributed by atoms with Crippen molar-refractivity contribution in [3.63, 3.8) is 0 Å². The summed E-state index contributed by atoms with van der Waals surface area (Å²) in [6.07, 6.45) is 4.04. The van der Waals surface area contributed by atoms with Crippen LogP contribution in [0.4, 0.5) is 0 Å². The Morgan fingerprint density at radius 2 is 2.20 bits per heavy atom. The first kappa shape index (κ1) is 13.3. The van der Waals surface area contributed by atoms with E-state index in [1.165, 1.54) is 11.8 Å². The fraction of sp³-hybridized carbons (Fsp3) is 0.455. The van der Waals surface area contributed by atoms with Crippen molar-refractivity contribution in [2.24, 2.45) is 0 Å². The third-order valence-electron chi connectivity index (χ3n) is 2.77. The van der Waals surface area contributed by atoms with Crippen LogP contribution in [0.5, 0.6) is 0 Å². The number of rotatable bonds is 1. The van der Waals surface area contributed by atoms with Crippen LogP contribution < -0.4 is 0 Å². The SMILES string of the molecule is CS(=O)(=O)C1CCCc2cc[c-]cc21.[Y]. The fourth-order valence-corrected chi connectivity index (χ4v) is 3.36. The summed E-state index contributed by atoms with van der Waals surface area (Å²) in [5, 5.41) is -0.302. The quantitative estimate of drug-likeness (QED) is 0.742. The van der Waals surface area contributed by atoms with Gasteiger partial charge in [0.15, 0.2) is 0 Å². The number of fused-ring (bicyclic) bond motifs is 1. The van der Waals surface area contributed by atoms with Crippen LogP contribution in [-0.4, -0.2) is 14.7 Å². The van der Waals surface area contributed by atoms with E-state index in [0.717, 1.165) is 24.8 Å². The Kier molecular flexibility index (Phi) is 4.51. The molecule has 1 aromatic carbocycles. The summed E-state index contributed by atoms with van der Waals surface area (Å²) in [6.45, 7) is 0. The van der Waals surface area contributed by atoms with Gasteiger partial charge in [-0.25, -0.2) is 8.42 Å². The summed E-state index contributed by atoms with van der Waals surface area (Å²) >= 11 is 0. The zero-order valence-corrected chi connectivity index (χ0v) is 12.4. The van der Waals surface area contributed by atoms with Crippen molar-refractivity contribution in [2.45, 2.75) is 24.5 Å². The zero-order valence-electron chi connectivity index (χ0n) is 8.73. The average Bonchev–Trinajstić information content (AvgIpc) is 2.15. The Bertz CT molecular complexity index is 440. The topological polar surface area (TPSA) is 34.1 Å². The zero-order chi connectivity index (χ0) is 10.2. The monoisotopic (exact) mass is 298 g/mol. The van der Waals surface area contributed by atoms with Crippen molar-refractivity contribution < 1.29 is 41.1 Å². The van der Waals surface area contributed by atoms with Gasteiger partial charge >= 0.3 is 0 Å². The third-order valence-corrected chi connectivity index (χ3v) is 4.29. The standard InChI is InChI=1S/C11H13O2S.Y/c1-14(12,13)11-8-4-6-9-5-2-3-7-10(9)11;/h2,5,7,11H,4,6,8H2,1H3;/q-1;. The summed E-state index contributed by atoms with van der Waals surface area (Å²) in [5.41, 5.74) is 2.13. The van der Waals surface area contributed by atoms with Gasteiger partial charge in [-0.15, -0.1) is 5.56 Å². The maximum absolute atomic E-state index is 11.5. The van der Waals surface area contributed by atoms with Gasteiger partial charge in [0.25, 0.3) is 0 Å². The van der Waals surface area contributed by atoms with Crippen LogP contribution in [-0.2, 0) is 49.0 Å². The third kappa shape index (κ3) is 2.89. The molecule has 0 fully saturated rings. The second kappa shape index (κ2) is 5.07. The number of hydrogen-bond donors (Lipinski definition) is 0. The molecule has 0 spiro atoms. The van der Waals surface area contributed by atoms with Crippen molar-refractivity contribution in [1.82, 2.24) is 0 Å². The minimum absolute atomic E-state index is 0. The van der Waals surface area contributed by atoms with Crippen LogP contribution in [0, 0.1) is 6.07 Å². The molecule has 0 heterocycles. The van der Waals surface area contributed by atoms with Gasteiger partial charge in [0, 0.05) is 44.2 Å². The molecule has 1 aliphatic carbocycles. The van der Waals surface area contributed by atoms with Crippen LogP contribution in [0.15, 0.2) is 18.2 Å². The molecule has 0 N–H and O–H groups in total. The molecule has 0 saturated carbocycles. The van der Waals surface area contributed by atoms with Crippen molar-refractivity contribution in [3.8, 4) is 0 Å². The summed E-state index contributed by atoms with van der Waals surface area (Å²) in [6, 6.07) is 8.61. The summed E-state index contributed by atoms with van der Waals surface area (Å²) in [5.74, 6) is 0. The van der Waals surface area contributed by atoms with E-state index in [0.29, 0.717) is 0 Å². The van der Waals surface area contributed by atoms with Gasteiger partial charge < -0.3 is 0 Å². The molecule has 79 valence electrons. The van der Waals surface area contributed by atoms with E-state index in [9.17, 15) is 8.42 Å². The Balaban J connectivity index is 0.00000112. The minimum atomic E-state index is -2.96. The Hall–Kier alpha value is 0.274. The molecule has 1 atom stereocenters. The van der Waals surface area contributed by atoms with E-state index in [4.69, 9.17) is 0 Å². The van der Waals surface area contributed by atoms with Gasteiger partial charge in [-0.05, 0) is 6.42 Å². The van der Waals surface area contributed by atoms with Gasteiger partial charge in [-0.3, -0.25) is 0 Å². The molecule has 4 heteroatoms. The molecule has 0 aromatic heterocycles. The van der Waals surface area contributed by atoms with Crippen LogP contribution in [0.25, 0.3) is 0 Å². The molecule has 15 heavy (non-hydrogen) atoms. The number of aryl methyl sites for hydroxylation is 1. The maximum Gasteiger partial charge on any atom is 0.143 e. The molecular formula is C11H13O2SY-. The molecule has 0 saturated heterocycles. The predicted molar refractivity (Wildman–Crippen MR) is 55.8 cm³/mol. The summed E-state index contributed by atoms with van der Waals surface area (Å²) in [7, 11) is -2.96. The van der Waals surface area contributed by atoms with Gasteiger partial charge in [-0.1, -0.05) is 12.8 Å². The number of hydrogen-bond acceptors (Lipinski definition) is 2. The normalized spacial score (nSPS) is 20.2. The Labute approximate surface area is 116 Å². The van der Waals surface area contributed by atoms with Gasteiger partial charge in [0.05, 0.1) is 0 Å². The van der Waals surface area contributed by atoms with E-state index in [2.05, 4.69) is 6.07 Å². The second-order valence-corrected chi connectivity index (χ2v) is 6.06. The molecule has 2 nitrogen and oxygen atoms in total. The van der Waals surface area contributed by atoms with Crippen LogP contribution in [0.2, 0.25) is 0 Å². The summed E-state index contributed by atoms with van der Waals surface area (Å²) in [4.78, 5) is 0. The molecular weight excluding hydrogens is 285 g/mol. The number of sulfone groups is 1. The van der Waals surface area contributed by atoms with E-state index >= 15 is 0 Å². The number of benzene rings is 1. The van der Waals surface area contributed by atoms with E-state index in [-0.39, 0.29) is 38.0 Å². The molecule has 0 amide bonds. The molecule has 1 aliphatic rings. The first-order chi connectivity index (χ1) is 6.59. The molecule has 0 bridgehead atoms. The maximum atomic E-state index is 11.5. The van der Waals surface area contributed by atoms with Crippen molar-refractivity contribution in [2.75, 3.05) is 6.26 Å². The van der Waals surface area contributed by atoms with Crippen molar-refractivity contribution in [3.05, 3.63) is 35.4 Å². The Morgan fingerprint density at radius 3 is 2.87 bits per heavy atom. The molecule has 1 aromatic rings. The average molecular weight is 298 g/mol. The second-order valence-electron chi connectivity index (χ2n) is 3.84. The van der Waals surface area contributed by atoms with E-state index in [1.807, 2.05) is 18.2 Å². The van der Waals surface area contributed by atoms with Crippen LogP contribution >= 0.6 is 0 Å². The van der Waals surface area contributed by atoms with Crippen LogP contribution in [0.1, 0.15) is 29.2 Å². The smallest absolute Gasteiger partial charge is 0.143 e. The molecule has 2 rings (SSSR count). The summed E-state index contributed by atoms with van der Waals surface area (Å²) < 4.78 is 23.1. The largest absolute Gasteiger partial charge is 0.230 e. The first-order valence-corrected chi connectivity index (χ1v) is 6.72. The molecule has 1 radical (unpaired) electrons.